The molecular weight excluding hydrogens is 402 g/mol. The maximum atomic E-state index is 12.7. The molecule has 0 aliphatic heterocycles. The van der Waals surface area contributed by atoms with Crippen LogP contribution < -0.4 is 11.2 Å². The fourth-order valence-electron chi connectivity index (χ4n) is 3.97. The number of nitrogens with one attached hydrogen (secondary N) is 1. The van der Waals surface area contributed by atoms with E-state index in [-0.39, 0.29) is 11.5 Å². The monoisotopic (exact) mass is 435 g/mol. The van der Waals surface area contributed by atoms with Crippen LogP contribution in [-0.4, -0.2) is 38.8 Å². The zero-order chi connectivity index (χ0) is 23.1. The van der Waals surface area contributed by atoms with E-state index in [1.165, 1.54) is 0 Å². The van der Waals surface area contributed by atoms with Crippen molar-refractivity contribution in [1.29, 1.82) is 0 Å². The van der Waals surface area contributed by atoms with Gasteiger partial charge in [-0.1, -0.05) is 81.4 Å². The maximum absolute atomic E-state index is 12.7. The molecule has 3 aromatic rings. The summed E-state index contributed by atoms with van der Waals surface area (Å²) in [4.78, 5) is 19.4. The number of carbonyl (C=O) groups is 1. The molecule has 2 amide bonds. The van der Waals surface area contributed by atoms with E-state index in [1.807, 2.05) is 60.2 Å². The maximum Gasteiger partial charge on any atom is 0.341 e. The molecule has 0 spiro atoms. The second-order valence-electron chi connectivity index (χ2n) is 8.99. The van der Waals surface area contributed by atoms with Crippen LogP contribution >= 0.6 is 0 Å². The standard InChI is InChI=1S/C25H33N5O2/c1-25(2,3)22(30(16-10-15-26)24(31)28-32)23-27-21(20-13-8-5-9-14-20)18-29(23)17-19-11-6-4-7-12-19/h4-9,11-14,18,22,32H,10,15-17,26H2,1-3H3,(H,28,31). The molecule has 0 fully saturated rings. The van der Waals surface area contributed by atoms with Crippen LogP contribution in [0.15, 0.2) is 66.9 Å². The number of nitrogens with zero attached hydrogens (tertiary/aromatic N) is 3. The highest BCUT2D eigenvalue weighted by atomic mass is 16.5. The number of benzene rings is 2. The molecule has 0 bridgehead atoms. The van der Waals surface area contributed by atoms with Gasteiger partial charge in [-0.2, -0.15) is 0 Å². The second kappa shape index (κ2) is 10.4. The van der Waals surface area contributed by atoms with Gasteiger partial charge in [-0.25, -0.2) is 15.3 Å². The lowest BCUT2D eigenvalue weighted by Crippen LogP contribution is -2.47. The molecule has 7 nitrogen and oxygen atoms in total. The number of imidazole rings is 1. The summed E-state index contributed by atoms with van der Waals surface area (Å²) in [6.45, 7) is 7.68. The third kappa shape index (κ3) is 5.55. The van der Waals surface area contributed by atoms with Crippen molar-refractivity contribution < 1.29 is 10.0 Å². The minimum atomic E-state index is -0.561. The quantitative estimate of drug-likeness (QED) is 0.360. The zero-order valence-corrected chi connectivity index (χ0v) is 19.0. The molecule has 0 saturated carbocycles. The molecule has 3 rings (SSSR count). The van der Waals surface area contributed by atoms with Gasteiger partial charge >= 0.3 is 6.03 Å². The number of amides is 2. The Morgan fingerprint density at radius 3 is 2.31 bits per heavy atom. The highest BCUT2D eigenvalue weighted by Crippen LogP contribution is 2.39. The fourth-order valence-corrected chi connectivity index (χ4v) is 3.97. The lowest BCUT2D eigenvalue weighted by Gasteiger charge is -2.39. The van der Waals surface area contributed by atoms with Crippen LogP contribution in [-0.2, 0) is 6.54 Å². The predicted octanol–water partition coefficient (Wildman–Crippen LogP) is 4.44. The van der Waals surface area contributed by atoms with Crippen LogP contribution in [0.3, 0.4) is 0 Å². The molecule has 1 aromatic heterocycles. The Bertz CT molecular complexity index is 996. The number of hydrogen-bond donors (Lipinski definition) is 3. The van der Waals surface area contributed by atoms with Gasteiger partial charge in [-0.3, -0.25) is 5.21 Å². The van der Waals surface area contributed by atoms with Crippen LogP contribution in [0.1, 0.15) is 44.6 Å². The summed E-state index contributed by atoms with van der Waals surface area (Å²) in [5.74, 6) is 0.765. The molecule has 7 heteroatoms. The summed E-state index contributed by atoms with van der Waals surface area (Å²) in [5, 5.41) is 9.45. The van der Waals surface area contributed by atoms with E-state index in [1.54, 1.807) is 4.90 Å². The minimum Gasteiger partial charge on any atom is -0.330 e. The van der Waals surface area contributed by atoms with E-state index >= 15 is 0 Å². The van der Waals surface area contributed by atoms with E-state index in [4.69, 9.17) is 10.7 Å². The minimum absolute atomic E-state index is 0.352. The van der Waals surface area contributed by atoms with Gasteiger partial charge in [0.05, 0.1) is 11.7 Å². The number of rotatable bonds is 8. The average Bonchev–Trinajstić information content (AvgIpc) is 3.19. The first kappa shape index (κ1) is 23.5. The van der Waals surface area contributed by atoms with Crippen molar-refractivity contribution in [3.63, 3.8) is 0 Å². The Hall–Kier alpha value is -3.16. The first-order valence-corrected chi connectivity index (χ1v) is 10.9. The molecular formula is C25H33N5O2. The topological polar surface area (TPSA) is 96.4 Å². The number of carbonyl (C=O) groups excluding carboxylic acids is 1. The Labute approximate surface area is 189 Å². The lowest BCUT2D eigenvalue weighted by molar-refractivity contribution is 0.0763. The molecule has 0 aliphatic carbocycles. The van der Waals surface area contributed by atoms with E-state index < -0.39 is 6.03 Å². The van der Waals surface area contributed by atoms with E-state index in [2.05, 4.69) is 37.5 Å². The summed E-state index contributed by atoms with van der Waals surface area (Å²) < 4.78 is 2.10. The molecule has 1 heterocycles. The van der Waals surface area contributed by atoms with Crippen molar-refractivity contribution in [2.45, 2.75) is 39.8 Å². The molecule has 170 valence electrons. The summed E-state index contributed by atoms with van der Waals surface area (Å²) >= 11 is 0. The molecule has 1 unspecified atom stereocenters. The number of aromatic nitrogens is 2. The average molecular weight is 436 g/mol. The van der Waals surface area contributed by atoms with Crippen molar-refractivity contribution in [2.75, 3.05) is 13.1 Å². The van der Waals surface area contributed by atoms with Gasteiger partial charge < -0.3 is 15.2 Å². The number of hydrogen-bond acceptors (Lipinski definition) is 4. The Kier molecular flexibility index (Phi) is 7.66. The molecule has 0 aliphatic rings. The van der Waals surface area contributed by atoms with Crippen molar-refractivity contribution in [3.8, 4) is 11.3 Å². The molecule has 1 atom stereocenters. The number of nitrogens with two attached hydrogens (primary N) is 1. The van der Waals surface area contributed by atoms with Crippen molar-refractivity contribution in [2.24, 2.45) is 11.1 Å². The van der Waals surface area contributed by atoms with Gasteiger partial charge in [0.1, 0.15) is 5.82 Å². The fraction of sp³-hybridized carbons (Fsp3) is 0.360. The van der Waals surface area contributed by atoms with Crippen molar-refractivity contribution in [3.05, 3.63) is 78.2 Å². The second-order valence-corrected chi connectivity index (χ2v) is 8.99. The van der Waals surface area contributed by atoms with Gasteiger partial charge in [0.15, 0.2) is 0 Å². The van der Waals surface area contributed by atoms with E-state index in [0.717, 1.165) is 22.6 Å². The number of hydroxylamine groups is 1. The van der Waals surface area contributed by atoms with Gasteiger partial charge in [0.2, 0.25) is 0 Å². The van der Waals surface area contributed by atoms with Crippen molar-refractivity contribution >= 4 is 6.03 Å². The van der Waals surface area contributed by atoms with Crippen molar-refractivity contribution in [1.82, 2.24) is 19.9 Å². The van der Waals surface area contributed by atoms with Crippen LogP contribution in [0.2, 0.25) is 0 Å². The van der Waals surface area contributed by atoms with Gasteiger partial charge in [-0.15, -0.1) is 0 Å². The summed E-state index contributed by atoms with van der Waals surface area (Å²) in [6.07, 6.45) is 2.65. The van der Waals surface area contributed by atoms with Crippen LogP contribution in [0.25, 0.3) is 11.3 Å². The normalized spacial score (nSPS) is 12.4. The van der Waals surface area contributed by atoms with E-state index in [0.29, 0.717) is 26.1 Å². The Morgan fingerprint density at radius 2 is 1.75 bits per heavy atom. The largest absolute Gasteiger partial charge is 0.341 e. The third-order valence-electron chi connectivity index (χ3n) is 5.41. The summed E-state index contributed by atoms with van der Waals surface area (Å²) in [7, 11) is 0. The Balaban J connectivity index is 2.14. The highest BCUT2D eigenvalue weighted by molar-refractivity contribution is 5.73. The highest BCUT2D eigenvalue weighted by Gasteiger charge is 2.38. The summed E-state index contributed by atoms with van der Waals surface area (Å²) in [5.41, 5.74) is 10.2. The van der Waals surface area contributed by atoms with Crippen LogP contribution in [0.4, 0.5) is 4.79 Å². The van der Waals surface area contributed by atoms with Crippen LogP contribution in [0.5, 0.6) is 0 Å². The van der Waals surface area contributed by atoms with Gasteiger partial charge in [0.25, 0.3) is 0 Å². The number of urea groups is 1. The lowest BCUT2D eigenvalue weighted by atomic mass is 9.84. The Morgan fingerprint density at radius 1 is 1.12 bits per heavy atom. The molecule has 0 radical (unpaired) electrons. The predicted molar refractivity (Wildman–Crippen MR) is 126 cm³/mol. The van der Waals surface area contributed by atoms with Gasteiger partial charge in [0, 0.05) is 24.8 Å². The molecule has 4 N–H and O–H groups in total. The first-order chi connectivity index (χ1) is 15.3. The van der Waals surface area contributed by atoms with Crippen LogP contribution in [0, 0.1) is 5.41 Å². The zero-order valence-electron chi connectivity index (χ0n) is 19.0. The summed E-state index contributed by atoms with van der Waals surface area (Å²) in [6, 6.07) is 19.2. The molecule has 2 aromatic carbocycles. The van der Waals surface area contributed by atoms with E-state index in [9.17, 15) is 10.0 Å². The third-order valence-corrected chi connectivity index (χ3v) is 5.41. The molecule has 32 heavy (non-hydrogen) atoms. The first-order valence-electron chi connectivity index (χ1n) is 10.9. The molecule has 0 saturated heterocycles. The SMILES string of the molecule is CC(C)(C)C(c1nc(-c2ccccc2)cn1Cc1ccccc1)N(CCCN)C(=O)NO. The van der Waals surface area contributed by atoms with Gasteiger partial charge in [-0.05, 0) is 23.9 Å². The smallest absolute Gasteiger partial charge is 0.330 e.